The van der Waals surface area contributed by atoms with Crippen molar-refractivity contribution in [2.45, 2.75) is 11.8 Å². The zero-order chi connectivity index (χ0) is 26.0. The highest BCUT2D eigenvalue weighted by Gasteiger charge is 2.24. The number of methoxy groups -OCH3 is 1. The van der Waals surface area contributed by atoms with Gasteiger partial charge in [-0.05, 0) is 48.9 Å². The number of rotatable bonds is 8. The molecule has 1 aromatic carbocycles. The Balaban J connectivity index is 1.98. The summed E-state index contributed by atoms with van der Waals surface area (Å²) in [6.45, 7) is 1.62. The Morgan fingerprint density at radius 3 is 2.44 bits per heavy atom. The summed E-state index contributed by atoms with van der Waals surface area (Å²) in [5.41, 5.74) is 2.50. The summed E-state index contributed by atoms with van der Waals surface area (Å²) in [5.74, 6) is 0.829. The molecule has 0 fully saturated rings. The maximum atomic E-state index is 12.5. The van der Waals surface area contributed by atoms with Gasteiger partial charge in [0, 0.05) is 11.8 Å². The monoisotopic (exact) mass is 511 g/mol. The van der Waals surface area contributed by atoms with Crippen molar-refractivity contribution in [3.8, 4) is 45.7 Å². The molecular formula is C25H25N3O7S. The van der Waals surface area contributed by atoms with Crippen molar-refractivity contribution in [3.05, 3.63) is 64.3 Å². The lowest BCUT2D eigenvalue weighted by Gasteiger charge is -2.20. The summed E-state index contributed by atoms with van der Waals surface area (Å²) in [4.78, 5) is 27.6. The van der Waals surface area contributed by atoms with Gasteiger partial charge in [-0.3, -0.25) is 4.79 Å². The fraction of sp³-hybridized carbons (Fsp3) is 0.240. The van der Waals surface area contributed by atoms with Crippen molar-refractivity contribution in [1.82, 2.24) is 14.7 Å². The maximum Gasteiger partial charge on any atom is 0.243 e. The lowest BCUT2D eigenvalue weighted by Crippen LogP contribution is -2.20. The van der Waals surface area contributed by atoms with Crippen LogP contribution in [0.5, 0.6) is 11.6 Å². The number of aryl methyl sites for hydroxylation is 1. The minimum Gasteiger partial charge on any atom is -0.489 e. The zero-order valence-electron chi connectivity index (χ0n) is 20.2. The third kappa shape index (κ3) is 4.62. The second kappa shape index (κ2) is 9.96. The number of pyridine rings is 1. The third-order valence-corrected chi connectivity index (χ3v) is 6.62. The average molecular weight is 512 g/mol. The van der Waals surface area contributed by atoms with E-state index in [-0.39, 0.29) is 40.8 Å². The first-order valence-electron chi connectivity index (χ1n) is 10.9. The van der Waals surface area contributed by atoms with Crippen LogP contribution in [-0.4, -0.2) is 61.9 Å². The number of sulfone groups is 1. The van der Waals surface area contributed by atoms with Crippen molar-refractivity contribution in [3.63, 3.8) is 0 Å². The summed E-state index contributed by atoms with van der Waals surface area (Å²) in [7, 11) is -0.549. The predicted octanol–water partition coefficient (Wildman–Crippen LogP) is 2.23. The molecule has 4 rings (SSSR count). The number of hydrogen-bond donors (Lipinski definition) is 1. The Labute approximate surface area is 208 Å². The van der Waals surface area contributed by atoms with E-state index in [1.165, 1.54) is 31.1 Å². The number of nitrogens with zero attached hydrogens (tertiary/aromatic N) is 3. The number of aliphatic hydroxyl groups excluding tert-OH is 1. The first-order chi connectivity index (χ1) is 17.2. The van der Waals surface area contributed by atoms with Crippen LogP contribution in [0.3, 0.4) is 0 Å². The van der Waals surface area contributed by atoms with E-state index in [0.717, 1.165) is 6.26 Å². The second-order valence-corrected chi connectivity index (χ2v) is 9.95. The molecule has 1 aromatic heterocycles. The summed E-state index contributed by atoms with van der Waals surface area (Å²) in [6, 6.07) is 12.8. The number of hydrogen-bond acceptors (Lipinski definition) is 9. The molecule has 0 unspecified atom stereocenters. The van der Waals surface area contributed by atoms with Crippen LogP contribution in [0.1, 0.15) is 5.56 Å². The van der Waals surface area contributed by atoms with E-state index in [0.29, 0.717) is 34.0 Å². The number of aliphatic hydroxyl groups is 1. The molecule has 1 N–H and O–H groups in total. The molecule has 0 atom stereocenters. The van der Waals surface area contributed by atoms with Gasteiger partial charge in [-0.2, -0.15) is 0 Å². The summed E-state index contributed by atoms with van der Waals surface area (Å²) < 4.78 is 36.5. The van der Waals surface area contributed by atoms with Gasteiger partial charge in [0.05, 0.1) is 24.3 Å². The van der Waals surface area contributed by atoms with Gasteiger partial charge in [-0.1, -0.05) is 12.1 Å². The average Bonchev–Trinajstić information content (AvgIpc) is 2.85. The highest BCUT2D eigenvalue weighted by molar-refractivity contribution is 7.90. The van der Waals surface area contributed by atoms with E-state index in [4.69, 9.17) is 19.3 Å². The SMILES string of the molecule is COc1c2c(=O)cccc-2nc(-c2ccc(OCCO)c(-c3ccc(S(C)(=O)=O)cc3C)n2)n1OC. The largest absolute Gasteiger partial charge is 0.489 e. The van der Waals surface area contributed by atoms with Crippen molar-refractivity contribution in [2.24, 2.45) is 0 Å². The molecule has 11 heteroatoms. The molecule has 2 heterocycles. The first kappa shape index (κ1) is 25.1. The highest BCUT2D eigenvalue weighted by Crippen LogP contribution is 2.36. The Bertz CT molecular complexity index is 1560. The van der Waals surface area contributed by atoms with Crippen molar-refractivity contribution >= 4 is 9.84 Å². The minimum absolute atomic E-state index is 0.0426. The molecule has 36 heavy (non-hydrogen) atoms. The summed E-state index contributed by atoms with van der Waals surface area (Å²) in [6.07, 6.45) is 1.14. The summed E-state index contributed by atoms with van der Waals surface area (Å²) in [5, 5.41) is 9.27. The minimum atomic E-state index is -3.39. The van der Waals surface area contributed by atoms with Crippen molar-refractivity contribution in [1.29, 1.82) is 0 Å². The van der Waals surface area contributed by atoms with Gasteiger partial charge in [0.25, 0.3) is 0 Å². The molecule has 1 aliphatic heterocycles. The molecule has 0 saturated carbocycles. The van der Waals surface area contributed by atoms with Crippen LogP contribution < -0.4 is 19.7 Å². The van der Waals surface area contributed by atoms with Gasteiger partial charge in [-0.25, -0.2) is 18.4 Å². The fourth-order valence-electron chi connectivity index (χ4n) is 3.87. The Hall–Kier alpha value is -3.96. The van der Waals surface area contributed by atoms with Gasteiger partial charge in [0.2, 0.25) is 5.88 Å². The number of benzene rings is 2. The molecule has 0 bridgehead atoms. The quantitative estimate of drug-likeness (QED) is 0.378. The lowest BCUT2D eigenvalue weighted by molar-refractivity contribution is 0.138. The predicted molar refractivity (Wildman–Crippen MR) is 133 cm³/mol. The molecule has 10 nitrogen and oxygen atoms in total. The molecule has 0 spiro atoms. The van der Waals surface area contributed by atoms with Crippen LogP contribution in [0.2, 0.25) is 0 Å². The normalized spacial score (nSPS) is 11.5. The molecule has 0 saturated heterocycles. The van der Waals surface area contributed by atoms with E-state index in [2.05, 4.69) is 4.98 Å². The van der Waals surface area contributed by atoms with E-state index in [1.54, 1.807) is 43.3 Å². The van der Waals surface area contributed by atoms with Gasteiger partial charge in [0.1, 0.15) is 36.4 Å². The molecule has 2 aromatic rings. The Kier molecular flexibility index (Phi) is 6.95. The molecule has 188 valence electrons. The van der Waals surface area contributed by atoms with E-state index in [1.807, 2.05) is 0 Å². The fourth-order valence-corrected chi connectivity index (χ4v) is 4.58. The number of ether oxygens (including phenoxy) is 2. The van der Waals surface area contributed by atoms with E-state index >= 15 is 0 Å². The zero-order valence-corrected chi connectivity index (χ0v) is 21.0. The van der Waals surface area contributed by atoms with Gasteiger partial charge in [-0.15, -0.1) is 4.73 Å². The molecule has 2 aliphatic rings. The number of aromatic nitrogens is 3. The van der Waals surface area contributed by atoms with Gasteiger partial charge >= 0.3 is 0 Å². The molecule has 1 aliphatic carbocycles. The molecule has 0 radical (unpaired) electrons. The molecular weight excluding hydrogens is 486 g/mol. The van der Waals surface area contributed by atoms with Crippen LogP contribution in [0.25, 0.3) is 34.0 Å². The van der Waals surface area contributed by atoms with Crippen LogP contribution in [0.15, 0.2) is 58.2 Å². The van der Waals surface area contributed by atoms with Crippen molar-refractivity contribution < 1.29 is 27.8 Å². The van der Waals surface area contributed by atoms with Crippen molar-refractivity contribution in [2.75, 3.05) is 33.7 Å². The van der Waals surface area contributed by atoms with Crippen LogP contribution >= 0.6 is 0 Å². The van der Waals surface area contributed by atoms with Gasteiger partial charge < -0.3 is 19.4 Å². The second-order valence-electron chi connectivity index (χ2n) is 7.94. The molecule has 0 amide bonds. The van der Waals surface area contributed by atoms with Crippen LogP contribution in [-0.2, 0) is 9.84 Å². The highest BCUT2D eigenvalue weighted by atomic mass is 32.2. The maximum absolute atomic E-state index is 12.5. The van der Waals surface area contributed by atoms with E-state index < -0.39 is 9.84 Å². The first-order valence-corrected chi connectivity index (χ1v) is 12.8. The lowest BCUT2D eigenvalue weighted by atomic mass is 10.0. The van der Waals surface area contributed by atoms with E-state index in [9.17, 15) is 18.3 Å². The third-order valence-electron chi connectivity index (χ3n) is 5.51. The van der Waals surface area contributed by atoms with Crippen LogP contribution in [0, 0.1) is 6.92 Å². The standard InChI is InChI=1S/C25H25N3O7S/c1-15-14-16(36(4,31)32)8-9-17(15)23-21(35-13-12-29)11-10-19(26-23)24-27-18-6-5-7-20(30)22(18)25(33-2)28(24)34-3/h5-11,14,29H,12-13H2,1-4H3. The van der Waals surface area contributed by atoms with Crippen LogP contribution in [0.4, 0.5) is 0 Å². The topological polar surface area (TPSA) is 130 Å². The number of fused-ring (bicyclic) bond motifs is 1. The Morgan fingerprint density at radius 1 is 1.03 bits per heavy atom. The smallest absolute Gasteiger partial charge is 0.243 e. The summed E-state index contributed by atoms with van der Waals surface area (Å²) >= 11 is 0. The Morgan fingerprint density at radius 2 is 1.81 bits per heavy atom. The van der Waals surface area contributed by atoms with Gasteiger partial charge in [0.15, 0.2) is 21.1 Å².